The highest BCUT2D eigenvalue weighted by Crippen LogP contribution is 2.27. The van der Waals surface area contributed by atoms with Gasteiger partial charge in [0.15, 0.2) is 6.10 Å². The predicted octanol–water partition coefficient (Wildman–Crippen LogP) is 3.73. The molecule has 3 heteroatoms. The number of carbonyl (C=O) groups is 1. The summed E-state index contributed by atoms with van der Waals surface area (Å²) in [5.74, 6) is -0.372. The van der Waals surface area contributed by atoms with Crippen LogP contribution in [0.4, 0.5) is 0 Å². The molecule has 0 spiro atoms. The molecule has 21 heavy (non-hydrogen) atoms. The number of esters is 1. The molecule has 1 atom stereocenters. The van der Waals surface area contributed by atoms with Gasteiger partial charge in [-0.2, -0.15) is 0 Å². The summed E-state index contributed by atoms with van der Waals surface area (Å²) < 4.78 is 10.8. The van der Waals surface area contributed by atoms with Crippen molar-refractivity contribution in [2.45, 2.75) is 26.6 Å². The fourth-order valence-corrected chi connectivity index (χ4v) is 2.37. The standard InChI is InChI=1S/C18H20O3/c1-13-8-7-9-14(2)16(13)17(18(19)20-3)21-12-15-10-5-4-6-11-15/h4-11,17H,12H2,1-3H3. The van der Waals surface area contributed by atoms with Crippen molar-refractivity contribution in [2.24, 2.45) is 0 Å². The van der Waals surface area contributed by atoms with Crippen LogP contribution in [0.2, 0.25) is 0 Å². The summed E-state index contributed by atoms with van der Waals surface area (Å²) in [4.78, 5) is 12.1. The van der Waals surface area contributed by atoms with E-state index < -0.39 is 6.10 Å². The quantitative estimate of drug-likeness (QED) is 0.785. The largest absolute Gasteiger partial charge is 0.467 e. The zero-order valence-electron chi connectivity index (χ0n) is 12.6. The Kier molecular flexibility index (Phi) is 5.12. The van der Waals surface area contributed by atoms with E-state index in [0.29, 0.717) is 6.61 Å². The molecule has 0 N–H and O–H groups in total. The number of ether oxygens (including phenoxy) is 2. The van der Waals surface area contributed by atoms with E-state index >= 15 is 0 Å². The fourth-order valence-electron chi connectivity index (χ4n) is 2.37. The van der Waals surface area contributed by atoms with Gasteiger partial charge in [0.05, 0.1) is 13.7 Å². The van der Waals surface area contributed by atoms with Crippen molar-refractivity contribution in [3.63, 3.8) is 0 Å². The number of methoxy groups -OCH3 is 1. The Morgan fingerprint density at radius 1 is 1.00 bits per heavy atom. The van der Waals surface area contributed by atoms with E-state index in [1.807, 2.05) is 62.4 Å². The van der Waals surface area contributed by atoms with E-state index in [9.17, 15) is 4.79 Å². The Morgan fingerprint density at radius 3 is 2.19 bits per heavy atom. The van der Waals surface area contributed by atoms with Crippen LogP contribution < -0.4 is 0 Å². The van der Waals surface area contributed by atoms with E-state index in [4.69, 9.17) is 9.47 Å². The molecule has 0 heterocycles. The van der Waals surface area contributed by atoms with E-state index in [1.54, 1.807) is 0 Å². The van der Waals surface area contributed by atoms with Crippen LogP contribution in [0, 0.1) is 13.8 Å². The Balaban J connectivity index is 2.25. The lowest BCUT2D eigenvalue weighted by atomic mass is 9.98. The van der Waals surface area contributed by atoms with Crippen LogP contribution in [-0.4, -0.2) is 13.1 Å². The van der Waals surface area contributed by atoms with Gasteiger partial charge in [-0.1, -0.05) is 48.5 Å². The third-order valence-electron chi connectivity index (χ3n) is 3.48. The summed E-state index contributed by atoms with van der Waals surface area (Å²) in [5, 5.41) is 0. The Bertz CT molecular complexity index is 585. The van der Waals surface area contributed by atoms with Crippen molar-refractivity contribution in [3.05, 3.63) is 70.8 Å². The second kappa shape index (κ2) is 7.04. The SMILES string of the molecule is COC(=O)C(OCc1ccccc1)c1c(C)cccc1C. The van der Waals surface area contributed by atoms with E-state index in [1.165, 1.54) is 7.11 Å². The van der Waals surface area contributed by atoms with Gasteiger partial charge in [-0.05, 0) is 36.1 Å². The molecule has 0 aliphatic heterocycles. The third kappa shape index (κ3) is 3.70. The first-order chi connectivity index (χ1) is 10.1. The van der Waals surface area contributed by atoms with Crippen LogP contribution in [0.15, 0.2) is 48.5 Å². The zero-order valence-corrected chi connectivity index (χ0v) is 12.6. The second-order valence-electron chi connectivity index (χ2n) is 5.01. The minimum Gasteiger partial charge on any atom is -0.467 e. The average Bonchev–Trinajstić information content (AvgIpc) is 2.50. The van der Waals surface area contributed by atoms with Gasteiger partial charge in [-0.3, -0.25) is 0 Å². The smallest absolute Gasteiger partial charge is 0.339 e. The number of hydrogen-bond donors (Lipinski definition) is 0. The topological polar surface area (TPSA) is 35.5 Å². The maximum Gasteiger partial charge on any atom is 0.339 e. The number of benzene rings is 2. The molecule has 0 amide bonds. The molecule has 0 aliphatic rings. The molecule has 2 aromatic carbocycles. The van der Waals surface area contributed by atoms with Crippen LogP contribution in [0.25, 0.3) is 0 Å². The molecule has 0 aromatic heterocycles. The molecule has 1 unspecified atom stereocenters. The second-order valence-corrected chi connectivity index (χ2v) is 5.01. The van der Waals surface area contributed by atoms with Gasteiger partial charge < -0.3 is 9.47 Å². The Labute approximate surface area is 125 Å². The van der Waals surface area contributed by atoms with Gasteiger partial charge in [0.2, 0.25) is 0 Å². The number of hydrogen-bond acceptors (Lipinski definition) is 3. The Morgan fingerprint density at radius 2 is 1.62 bits per heavy atom. The van der Waals surface area contributed by atoms with Crippen molar-refractivity contribution < 1.29 is 14.3 Å². The van der Waals surface area contributed by atoms with Crippen LogP contribution >= 0.6 is 0 Å². The maximum atomic E-state index is 12.1. The highest BCUT2D eigenvalue weighted by atomic mass is 16.6. The van der Waals surface area contributed by atoms with Crippen molar-refractivity contribution >= 4 is 5.97 Å². The fraction of sp³-hybridized carbons (Fsp3) is 0.278. The molecule has 2 rings (SSSR count). The predicted molar refractivity (Wildman–Crippen MR) is 81.9 cm³/mol. The zero-order chi connectivity index (χ0) is 15.2. The van der Waals surface area contributed by atoms with Crippen LogP contribution in [0.3, 0.4) is 0 Å². The molecule has 0 radical (unpaired) electrons. The minimum atomic E-state index is -0.698. The van der Waals surface area contributed by atoms with Crippen molar-refractivity contribution in [1.29, 1.82) is 0 Å². The van der Waals surface area contributed by atoms with E-state index in [-0.39, 0.29) is 5.97 Å². The molecule has 110 valence electrons. The lowest BCUT2D eigenvalue weighted by Gasteiger charge is -2.20. The molecule has 2 aromatic rings. The molecular weight excluding hydrogens is 264 g/mol. The lowest BCUT2D eigenvalue weighted by molar-refractivity contribution is -0.155. The number of carbonyl (C=O) groups excluding carboxylic acids is 1. The molecular formula is C18H20O3. The normalized spacial score (nSPS) is 12.0. The van der Waals surface area contributed by atoms with Gasteiger partial charge >= 0.3 is 5.97 Å². The first kappa shape index (κ1) is 15.3. The van der Waals surface area contributed by atoms with Crippen molar-refractivity contribution in [1.82, 2.24) is 0 Å². The van der Waals surface area contributed by atoms with E-state index in [0.717, 1.165) is 22.3 Å². The molecule has 3 nitrogen and oxygen atoms in total. The highest BCUT2D eigenvalue weighted by molar-refractivity contribution is 5.77. The first-order valence-corrected chi connectivity index (χ1v) is 6.93. The van der Waals surface area contributed by atoms with Gasteiger partial charge in [0, 0.05) is 0 Å². The van der Waals surface area contributed by atoms with Crippen LogP contribution in [0.5, 0.6) is 0 Å². The molecule has 0 aliphatic carbocycles. The monoisotopic (exact) mass is 284 g/mol. The van der Waals surface area contributed by atoms with Crippen molar-refractivity contribution in [3.8, 4) is 0 Å². The van der Waals surface area contributed by atoms with Crippen molar-refractivity contribution in [2.75, 3.05) is 7.11 Å². The third-order valence-corrected chi connectivity index (χ3v) is 3.48. The lowest BCUT2D eigenvalue weighted by Crippen LogP contribution is -2.19. The molecule has 0 fully saturated rings. The molecule has 0 bridgehead atoms. The van der Waals surface area contributed by atoms with Crippen LogP contribution in [-0.2, 0) is 20.9 Å². The Hall–Kier alpha value is -2.13. The summed E-state index contributed by atoms with van der Waals surface area (Å²) in [7, 11) is 1.38. The molecule has 0 saturated heterocycles. The maximum absolute atomic E-state index is 12.1. The summed E-state index contributed by atoms with van der Waals surface area (Å²) in [6.07, 6.45) is -0.698. The van der Waals surface area contributed by atoms with Gasteiger partial charge in [-0.25, -0.2) is 4.79 Å². The van der Waals surface area contributed by atoms with Gasteiger partial charge in [0.1, 0.15) is 0 Å². The summed E-state index contributed by atoms with van der Waals surface area (Å²) in [5.41, 5.74) is 3.97. The average molecular weight is 284 g/mol. The number of rotatable bonds is 5. The van der Waals surface area contributed by atoms with Crippen LogP contribution in [0.1, 0.15) is 28.4 Å². The molecule has 0 saturated carbocycles. The minimum absolute atomic E-state index is 0.369. The summed E-state index contributed by atoms with van der Waals surface area (Å²) in [6.45, 7) is 4.32. The number of aryl methyl sites for hydroxylation is 2. The highest BCUT2D eigenvalue weighted by Gasteiger charge is 2.25. The summed E-state index contributed by atoms with van der Waals surface area (Å²) >= 11 is 0. The van der Waals surface area contributed by atoms with E-state index in [2.05, 4.69) is 0 Å². The van der Waals surface area contributed by atoms with Gasteiger partial charge in [0.25, 0.3) is 0 Å². The first-order valence-electron chi connectivity index (χ1n) is 6.93. The van der Waals surface area contributed by atoms with Gasteiger partial charge in [-0.15, -0.1) is 0 Å². The summed E-state index contributed by atoms with van der Waals surface area (Å²) in [6, 6.07) is 15.7.